The van der Waals surface area contributed by atoms with Gasteiger partial charge in [-0.2, -0.15) is 15.0 Å². The van der Waals surface area contributed by atoms with Crippen molar-refractivity contribution in [2.24, 2.45) is 0 Å². The van der Waals surface area contributed by atoms with Crippen LogP contribution in [0.5, 0.6) is 5.75 Å². The van der Waals surface area contributed by atoms with Crippen LogP contribution in [-0.2, 0) is 13.0 Å². The Balaban J connectivity index is 1.66. The molecule has 1 heterocycles. The summed E-state index contributed by atoms with van der Waals surface area (Å²) < 4.78 is 5.18. The number of nitrogens with one attached hydrogen (secondary N) is 1. The van der Waals surface area contributed by atoms with E-state index in [4.69, 9.17) is 10.5 Å². The summed E-state index contributed by atoms with van der Waals surface area (Å²) in [4.78, 5) is 13.0. The molecule has 0 bridgehead atoms. The van der Waals surface area contributed by atoms with Gasteiger partial charge in [0.1, 0.15) is 11.6 Å². The van der Waals surface area contributed by atoms with E-state index >= 15 is 0 Å². The van der Waals surface area contributed by atoms with Crippen molar-refractivity contribution in [2.75, 3.05) is 18.2 Å². The van der Waals surface area contributed by atoms with Crippen molar-refractivity contribution >= 4 is 11.9 Å². The van der Waals surface area contributed by atoms with Gasteiger partial charge in [0.05, 0.1) is 7.11 Å². The summed E-state index contributed by atoms with van der Waals surface area (Å²) in [6.07, 6.45) is 14.0. The average Bonchev–Trinajstić information content (AvgIpc) is 2.73. The van der Waals surface area contributed by atoms with Gasteiger partial charge in [-0.15, -0.1) is 0 Å². The van der Waals surface area contributed by atoms with Gasteiger partial charge in [0, 0.05) is 13.0 Å². The van der Waals surface area contributed by atoms with Crippen molar-refractivity contribution in [1.82, 2.24) is 15.0 Å². The van der Waals surface area contributed by atoms with Crippen molar-refractivity contribution in [3.05, 3.63) is 35.7 Å². The lowest BCUT2D eigenvalue weighted by Gasteiger charge is -2.08. The minimum Gasteiger partial charge on any atom is -0.497 e. The molecule has 0 spiro atoms. The van der Waals surface area contributed by atoms with Gasteiger partial charge in [0.15, 0.2) is 0 Å². The van der Waals surface area contributed by atoms with Crippen molar-refractivity contribution in [3.8, 4) is 5.75 Å². The molecule has 0 aliphatic heterocycles. The molecule has 0 radical (unpaired) electrons. The number of nitrogens with zero attached hydrogens (tertiary/aromatic N) is 3. The molecular formula is C23H37N5O. The van der Waals surface area contributed by atoms with E-state index in [1.807, 2.05) is 24.3 Å². The van der Waals surface area contributed by atoms with E-state index < -0.39 is 0 Å². The number of nitrogens with two attached hydrogens (primary N) is 1. The fourth-order valence-electron chi connectivity index (χ4n) is 3.32. The summed E-state index contributed by atoms with van der Waals surface area (Å²) in [6.45, 7) is 2.89. The van der Waals surface area contributed by atoms with Gasteiger partial charge in [-0.05, 0) is 24.1 Å². The maximum atomic E-state index is 5.87. The van der Waals surface area contributed by atoms with Crippen LogP contribution >= 0.6 is 0 Å². The number of nitrogen functional groups attached to an aromatic ring is 1. The monoisotopic (exact) mass is 399 g/mol. The molecule has 29 heavy (non-hydrogen) atoms. The van der Waals surface area contributed by atoms with Gasteiger partial charge in [-0.1, -0.05) is 76.8 Å². The zero-order valence-corrected chi connectivity index (χ0v) is 18.1. The molecule has 6 nitrogen and oxygen atoms in total. The molecule has 3 N–H and O–H groups in total. The van der Waals surface area contributed by atoms with Crippen LogP contribution in [0.4, 0.5) is 11.9 Å². The van der Waals surface area contributed by atoms with E-state index in [9.17, 15) is 0 Å². The third-order valence-corrected chi connectivity index (χ3v) is 5.06. The lowest BCUT2D eigenvalue weighted by Crippen LogP contribution is -2.10. The first kappa shape index (κ1) is 22.9. The molecule has 1 aromatic carbocycles. The van der Waals surface area contributed by atoms with E-state index in [1.165, 1.54) is 57.8 Å². The quantitative estimate of drug-likeness (QED) is 0.383. The molecule has 0 saturated heterocycles. The van der Waals surface area contributed by atoms with Crippen LogP contribution in [-0.4, -0.2) is 22.1 Å². The standard InChI is InChI=1S/C23H37N5O/c1-3-4-5-6-7-8-9-10-11-12-13-21-26-22(24)28-23(27-21)25-18-19-14-16-20(29-2)17-15-19/h14-17H,3-13,18H2,1-2H3,(H3,24,25,26,27,28). The van der Waals surface area contributed by atoms with Crippen molar-refractivity contribution in [3.63, 3.8) is 0 Å². The first-order chi connectivity index (χ1) is 14.2. The first-order valence-corrected chi connectivity index (χ1v) is 11.1. The minimum atomic E-state index is 0.277. The number of rotatable bonds is 15. The molecule has 160 valence electrons. The van der Waals surface area contributed by atoms with E-state index in [0.29, 0.717) is 12.5 Å². The summed E-state index contributed by atoms with van der Waals surface area (Å²) in [6, 6.07) is 7.91. The fourth-order valence-corrected chi connectivity index (χ4v) is 3.32. The Morgan fingerprint density at radius 3 is 2.07 bits per heavy atom. The lowest BCUT2D eigenvalue weighted by molar-refractivity contribution is 0.414. The SMILES string of the molecule is CCCCCCCCCCCCc1nc(N)nc(NCc2ccc(OC)cc2)n1. The van der Waals surface area contributed by atoms with E-state index in [2.05, 4.69) is 27.2 Å². The highest BCUT2D eigenvalue weighted by molar-refractivity contribution is 5.34. The van der Waals surface area contributed by atoms with Crippen LogP contribution in [0.2, 0.25) is 0 Å². The van der Waals surface area contributed by atoms with Crippen LogP contribution in [0.3, 0.4) is 0 Å². The highest BCUT2D eigenvalue weighted by Crippen LogP contribution is 2.14. The molecule has 2 aromatic rings. The predicted octanol–water partition coefficient (Wildman–Crippen LogP) is 5.54. The molecule has 6 heteroatoms. The van der Waals surface area contributed by atoms with Crippen molar-refractivity contribution < 1.29 is 4.74 Å². The normalized spacial score (nSPS) is 10.8. The average molecular weight is 400 g/mol. The summed E-state index contributed by atoms with van der Waals surface area (Å²) in [5.41, 5.74) is 6.99. The number of anilines is 2. The van der Waals surface area contributed by atoms with Crippen molar-refractivity contribution in [1.29, 1.82) is 0 Å². The van der Waals surface area contributed by atoms with E-state index in [0.717, 1.165) is 30.0 Å². The van der Waals surface area contributed by atoms with Gasteiger partial charge in [0.25, 0.3) is 0 Å². The zero-order chi connectivity index (χ0) is 20.7. The largest absolute Gasteiger partial charge is 0.497 e. The second-order valence-corrected chi connectivity index (χ2v) is 7.57. The number of aromatic nitrogens is 3. The maximum absolute atomic E-state index is 5.87. The minimum absolute atomic E-state index is 0.277. The molecule has 0 fully saturated rings. The summed E-state index contributed by atoms with van der Waals surface area (Å²) in [5, 5.41) is 3.24. The second-order valence-electron chi connectivity index (χ2n) is 7.57. The summed E-state index contributed by atoms with van der Waals surface area (Å²) >= 11 is 0. The van der Waals surface area contributed by atoms with Gasteiger partial charge < -0.3 is 15.8 Å². The van der Waals surface area contributed by atoms with Gasteiger partial charge in [-0.25, -0.2) is 0 Å². The van der Waals surface area contributed by atoms with Gasteiger partial charge in [-0.3, -0.25) is 0 Å². The molecule has 0 saturated carbocycles. The third kappa shape index (κ3) is 9.59. The van der Waals surface area contributed by atoms with Crippen LogP contribution in [0.25, 0.3) is 0 Å². The van der Waals surface area contributed by atoms with Gasteiger partial charge >= 0.3 is 0 Å². The van der Waals surface area contributed by atoms with E-state index in [1.54, 1.807) is 7.11 Å². The van der Waals surface area contributed by atoms with E-state index in [-0.39, 0.29) is 5.95 Å². The summed E-state index contributed by atoms with van der Waals surface area (Å²) in [7, 11) is 1.66. The number of ether oxygens (including phenoxy) is 1. The Kier molecular flexibility index (Phi) is 10.9. The number of unbranched alkanes of at least 4 members (excludes halogenated alkanes) is 9. The molecule has 0 amide bonds. The Morgan fingerprint density at radius 2 is 1.45 bits per heavy atom. The molecule has 0 aliphatic rings. The second kappa shape index (κ2) is 13.7. The third-order valence-electron chi connectivity index (χ3n) is 5.06. The number of aryl methyl sites for hydroxylation is 1. The Hall–Kier alpha value is -2.37. The number of benzene rings is 1. The van der Waals surface area contributed by atoms with Crippen LogP contribution in [0.15, 0.2) is 24.3 Å². The highest BCUT2D eigenvalue weighted by atomic mass is 16.5. The first-order valence-electron chi connectivity index (χ1n) is 11.1. The molecule has 0 aliphatic carbocycles. The smallest absolute Gasteiger partial charge is 0.228 e. The Bertz CT molecular complexity index is 690. The zero-order valence-electron chi connectivity index (χ0n) is 18.1. The number of hydrogen-bond acceptors (Lipinski definition) is 6. The lowest BCUT2D eigenvalue weighted by atomic mass is 10.1. The molecule has 0 atom stereocenters. The van der Waals surface area contributed by atoms with Crippen LogP contribution in [0, 0.1) is 0 Å². The Labute approximate surface area is 175 Å². The topological polar surface area (TPSA) is 86.0 Å². The molecule has 1 aromatic heterocycles. The van der Waals surface area contributed by atoms with Crippen molar-refractivity contribution in [2.45, 2.75) is 84.1 Å². The summed E-state index contributed by atoms with van der Waals surface area (Å²) in [5.74, 6) is 2.43. The molecule has 2 rings (SSSR count). The highest BCUT2D eigenvalue weighted by Gasteiger charge is 2.05. The van der Waals surface area contributed by atoms with Gasteiger partial charge in [0.2, 0.25) is 11.9 Å². The number of methoxy groups -OCH3 is 1. The predicted molar refractivity (Wildman–Crippen MR) is 120 cm³/mol. The van der Waals surface area contributed by atoms with Crippen LogP contribution < -0.4 is 15.8 Å². The fraction of sp³-hybridized carbons (Fsp3) is 0.609. The number of hydrogen-bond donors (Lipinski definition) is 2. The molecule has 0 unspecified atom stereocenters. The molecular weight excluding hydrogens is 362 g/mol. The van der Waals surface area contributed by atoms with Crippen LogP contribution in [0.1, 0.15) is 82.5 Å². The maximum Gasteiger partial charge on any atom is 0.228 e. The Morgan fingerprint density at radius 1 is 0.828 bits per heavy atom.